The zero-order chi connectivity index (χ0) is 27.9. The Morgan fingerprint density at radius 1 is 0.921 bits per heavy atom. The molecule has 3 aromatic rings. The molecule has 0 aliphatic rings. The van der Waals surface area contributed by atoms with Gasteiger partial charge in [0.15, 0.2) is 0 Å². The summed E-state index contributed by atoms with van der Waals surface area (Å²) in [4.78, 5) is 28.2. The number of nitrogens with zero attached hydrogens (tertiary/aromatic N) is 2. The Kier molecular flexibility index (Phi) is 9.63. The normalized spacial score (nSPS) is 12.9. The number of carbonyl (C=O) groups excluding carboxylic acids is 2. The van der Waals surface area contributed by atoms with Crippen molar-refractivity contribution in [2.75, 3.05) is 10.8 Å². The molecule has 3 rings (SSSR count). The number of anilines is 1. The van der Waals surface area contributed by atoms with Crippen molar-refractivity contribution in [3.8, 4) is 0 Å². The minimum absolute atomic E-state index is 0.0796. The first-order valence-corrected chi connectivity index (χ1v) is 14.0. The molecule has 0 saturated heterocycles. The van der Waals surface area contributed by atoms with Crippen molar-refractivity contribution in [3.05, 3.63) is 95.8 Å². The molecule has 0 unspecified atom stereocenters. The van der Waals surface area contributed by atoms with Crippen molar-refractivity contribution in [1.29, 1.82) is 0 Å². The van der Waals surface area contributed by atoms with Crippen LogP contribution >= 0.6 is 0 Å². The first-order chi connectivity index (χ1) is 18.1. The number of halogens is 1. The van der Waals surface area contributed by atoms with Gasteiger partial charge in [0.1, 0.15) is 18.4 Å². The lowest BCUT2D eigenvalue weighted by molar-refractivity contribution is -0.139. The SMILES string of the molecule is CC[C@@H](C)NC(=O)[C@@H](C)N(Cc1ccccc1C)C(=O)CN(c1ccccc1F)S(=O)(=O)c1ccccc1. The van der Waals surface area contributed by atoms with Crippen LogP contribution in [0.4, 0.5) is 10.1 Å². The summed E-state index contributed by atoms with van der Waals surface area (Å²) in [7, 11) is -4.31. The van der Waals surface area contributed by atoms with Gasteiger partial charge in [-0.05, 0) is 62.6 Å². The lowest BCUT2D eigenvalue weighted by Crippen LogP contribution is -2.52. The van der Waals surface area contributed by atoms with Gasteiger partial charge in [-0.2, -0.15) is 0 Å². The smallest absolute Gasteiger partial charge is 0.264 e. The van der Waals surface area contributed by atoms with Crippen LogP contribution in [0.3, 0.4) is 0 Å². The summed E-state index contributed by atoms with van der Waals surface area (Å²) >= 11 is 0. The number of rotatable bonds is 11. The zero-order valence-corrected chi connectivity index (χ0v) is 22.9. The van der Waals surface area contributed by atoms with Gasteiger partial charge in [-0.3, -0.25) is 13.9 Å². The second kappa shape index (κ2) is 12.7. The Morgan fingerprint density at radius 2 is 1.53 bits per heavy atom. The summed E-state index contributed by atoms with van der Waals surface area (Å²) in [5.74, 6) is -1.78. The van der Waals surface area contributed by atoms with E-state index in [-0.39, 0.29) is 29.1 Å². The van der Waals surface area contributed by atoms with Crippen molar-refractivity contribution in [2.24, 2.45) is 0 Å². The molecule has 0 fully saturated rings. The molecule has 9 heteroatoms. The number of benzene rings is 3. The Balaban J connectivity index is 2.04. The summed E-state index contributed by atoms with van der Waals surface area (Å²) in [6.45, 7) is 6.69. The Hall–Kier alpha value is -3.72. The van der Waals surface area contributed by atoms with Crippen molar-refractivity contribution in [1.82, 2.24) is 10.2 Å². The van der Waals surface area contributed by atoms with Gasteiger partial charge in [0.25, 0.3) is 10.0 Å². The molecule has 0 heterocycles. The van der Waals surface area contributed by atoms with Crippen LogP contribution < -0.4 is 9.62 Å². The molecule has 0 radical (unpaired) electrons. The lowest BCUT2D eigenvalue weighted by Gasteiger charge is -2.32. The highest BCUT2D eigenvalue weighted by Gasteiger charge is 2.33. The molecular weight excluding hydrogens is 505 g/mol. The summed E-state index contributed by atoms with van der Waals surface area (Å²) < 4.78 is 43.0. The second-order valence-electron chi connectivity index (χ2n) is 9.22. The Labute approximate surface area is 224 Å². The van der Waals surface area contributed by atoms with E-state index in [1.807, 2.05) is 45.0 Å². The van der Waals surface area contributed by atoms with Crippen LogP contribution in [0, 0.1) is 12.7 Å². The van der Waals surface area contributed by atoms with Crippen molar-refractivity contribution < 1.29 is 22.4 Å². The molecule has 2 amide bonds. The third kappa shape index (κ3) is 6.77. The molecular formula is C29H34FN3O4S. The number of carbonyl (C=O) groups is 2. The average Bonchev–Trinajstić information content (AvgIpc) is 2.91. The number of hydrogen-bond donors (Lipinski definition) is 1. The fourth-order valence-corrected chi connectivity index (χ4v) is 5.35. The van der Waals surface area contributed by atoms with E-state index in [9.17, 15) is 22.4 Å². The fourth-order valence-electron chi connectivity index (χ4n) is 3.91. The van der Waals surface area contributed by atoms with Crippen molar-refractivity contribution >= 4 is 27.5 Å². The van der Waals surface area contributed by atoms with Crippen LogP contribution in [0.1, 0.15) is 38.3 Å². The molecule has 0 aliphatic carbocycles. The van der Waals surface area contributed by atoms with Gasteiger partial charge >= 0.3 is 0 Å². The fraction of sp³-hybridized carbons (Fsp3) is 0.310. The molecule has 202 valence electrons. The van der Waals surface area contributed by atoms with Gasteiger partial charge in [0.05, 0.1) is 10.6 Å². The van der Waals surface area contributed by atoms with E-state index in [4.69, 9.17) is 0 Å². The number of para-hydroxylation sites is 1. The first-order valence-electron chi connectivity index (χ1n) is 12.5. The zero-order valence-electron chi connectivity index (χ0n) is 22.1. The van der Waals surface area contributed by atoms with Crippen LogP contribution in [0.2, 0.25) is 0 Å². The predicted octanol–water partition coefficient (Wildman–Crippen LogP) is 4.66. The minimum atomic E-state index is -4.31. The maximum atomic E-state index is 14.9. The quantitative estimate of drug-likeness (QED) is 0.384. The highest BCUT2D eigenvalue weighted by molar-refractivity contribution is 7.92. The van der Waals surface area contributed by atoms with E-state index in [0.717, 1.165) is 21.5 Å². The molecule has 3 aromatic carbocycles. The minimum Gasteiger partial charge on any atom is -0.352 e. The van der Waals surface area contributed by atoms with Gasteiger partial charge in [0, 0.05) is 12.6 Å². The highest BCUT2D eigenvalue weighted by atomic mass is 32.2. The van der Waals surface area contributed by atoms with Gasteiger partial charge < -0.3 is 10.2 Å². The van der Waals surface area contributed by atoms with E-state index in [1.165, 1.54) is 35.2 Å². The number of nitrogens with one attached hydrogen (secondary N) is 1. The van der Waals surface area contributed by atoms with E-state index < -0.39 is 34.3 Å². The molecule has 0 aliphatic heterocycles. The highest BCUT2D eigenvalue weighted by Crippen LogP contribution is 2.27. The first kappa shape index (κ1) is 28.8. The number of hydrogen-bond acceptors (Lipinski definition) is 4. The third-order valence-electron chi connectivity index (χ3n) is 6.50. The topological polar surface area (TPSA) is 86.8 Å². The van der Waals surface area contributed by atoms with Crippen molar-refractivity contribution in [3.63, 3.8) is 0 Å². The Morgan fingerprint density at radius 3 is 2.16 bits per heavy atom. The van der Waals surface area contributed by atoms with Gasteiger partial charge in [-0.15, -0.1) is 0 Å². The van der Waals surface area contributed by atoms with Crippen LogP contribution in [0.5, 0.6) is 0 Å². The van der Waals surface area contributed by atoms with Gasteiger partial charge in [0.2, 0.25) is 11.8 Å². The van der Waals surface area contributed by atoms with E-state index in [2.05, 4.69) is 5.32 Å². The number of aryl methyl sites for hydroxylation is 1. The van der Waals surface area contributed by atoms with Crippen LogP contribution in [-0.4, -0.2) is 43.8 Å². The molecule has 0 aromatic heterocycles. The van der Waals surface area contributed by atoms with E-state index in [1.54, 1.807) is 25.1 Å². The summed E-state index contributed by atoms with van der Waals surface area (Å²) in [5.41, 5.74) is 1.48. The maximum absolute atomic E-state index is 14.9. The molecule has 1 N–H and O–H groups in total. The van der Waals surface area contributed by atoms with E-state index >= 15 is 0 Å². The number of sulfonamides is 1. The molecule has 0 saturated carbocycles. The molecule has 2 atom stereocenters. The maximum Gasteiger partial charge on any atom is 0.264 e. The monoisotopic (exact) mass is 539 g/mol. The van der Waals surface area contributed by atoms with Gasteiger partial charge in [-0.1, -0.05) is 61.5 Å². The second-order valence-corrected chi connectivity index (χ2v) is 11.1. The third-order valence-corrected chi connectivity index (χ3v) is 8.28. The van der Waals surface area contributed by atoms with Crippen molar-refractivity contribution in [2.45, 2.75) is 57.6 Å². The van der Waals surface area contributed by atoms with E-state index in [0.29, 0.717) is 6.42 Å². The van der Waals surface area contributed by atoms with Crippen LogP contribution in [0.15, 0.2) is 83.8 Å². The Bertz CT molecular complexity index is 1370. The molecule has 0 bridgehead atoms. The molecule has 0 spiro atoms. The average molecular weight is 540 g/mol. The molecule has 38 heavy (non-hydrogen) atoms. The summed E-state index contributed by atoms with van der Waals surface area (Å²) in [6, 6.07) is 19.4. The molecule has 7 nitrogen and oxygen atoms in total. The van der Waals surface area contributed by atoms with Crippen LogP contribution in [0.25, 0.3) is 0 Å². The predicted molar refractivity (Wildman–Crippen MR) is 146 cm³/mol. The lowest BCUT2D eigenvalue weighted by atomic mass is 10.1. The summed E-state index contributed by atoms with van der Waals surface area (Å²) in [6.07, 6.45) is 0.709. The van der Waals surface area contributed by atoms with Gasteiger partial charge in [-0.25, -0.2) is 12.8 Å². The number of amides is 2. The standard InChI is InChI=1S/C29H34FN3O4S/c1-5-22(3)31-29(35)23(4)32(19-24-14-10-9-13-21(24)2)28(34)20-33(27-18-12-11-17-26(27)30)38(36,37)25-15-7-6-8-16-25/h6-18,22-23H,5,19-20H2,1-4H3,(H,31,35)/t22-,23-/m1/s1. The van der Waals surface area contributed by atoms with Crippen LogP contribution in [-0.2, 0) is 26.2 Å². The summed E-state index contributed by atoms with van der Waals surface area (Å²) in [5, 5.41) is 2.89. The largest absolute Gasteiger partial charge is 0.352 e.